The molecule has 0 saturated carbocycles. The van der Waals surface area contributed by atoms with Crippen molar-refractivity contribution in [3.05, 3.63) is 108 Å². The second-order valence-electron chi connectivity index (χ2n) is 7.51. The van der Waals surface area contributed by atoms with Crippen molar-refractivity contribution in [3.8, 4) is 22.7 Å². The molecule has 4 nitrogen and oxygen atoms in total. The van der Waals surface area contributed by atoms with Gasteiger partial charge in [-0.05, 0) is 55.3 Å². The maximum atomic E-state index is 13.4. The first-order chi connectivity index (χ1) is 15.6. The minimum atomic E-state index is -0.287. The van der Waals surface area contributed by atoms with Gasteiger partial charge in [-0.1, -0.05) is 53.7 Å². The third kappa shape index (κ3) is 4.57. The fourth-order valence-corrected chi connectivity index (χ4v) is 3.76. The van der Waals surface area contributed by atoms with Gasteiger partial charge in [-0.15, -0.1) is 0 Å². The van der Waals surface area contributed by atoms with E-state index in [1.165, 1.54) is 12.1 Å². The third-order valence-corrected chi connectivity index (χ3v) is 5.34. The highest BCUT2D eigenvalue weighted by molar-refractivity contribution is 6.01. The van der Waals surface area contributed by atoms with Gasteiger partial charge in [0.25, 0.3) is 0 Å². The summed E-state index contributed by atoms with van der Waals surface area (Å²) >= 11 is 0. The zero-order valence-electron chi connectivity index (χ0n) is 18.4. The molecule has 0 aliphatic rings. The molecule has 4 aromatic rings. The molecule has 0 radical (unpaired) electrons. The van der Waals surface area contributed by atoms with Crippen molar-refractivity contribution in [1.29, 1.82) is 0 Å². The van der Waals surface area contributed by atoms with Crippen LogP contribution in [0.15, 0.2) is 90.1 Å². The summed E-state index contributed by atoms with van der Waals surface area (Å²) in [6.07, 6.45) is 0. The molecule has 0 fully saturated rings. The number of nitrogens with zero attached hydrogens (tertiary/aromatic N) is 2. The lowest BCUT2D eigenvalue weighted by molar-refractivity contribution is 0.130. The molecule has 0 saturated heterocycles. The fourth-order valence-electron chi connectivity index (χ4n) is 3.76. The van der Waals surface area contributed by atoms with Crippen molar-refractivity contribution < 1.29 is 14.0 Å². The zero-order chi connectivity index (χ0) is 22.5. The minimum Gasteiger partial charge on any atom is -0.497 e. The monoisotopic (exact) mass is 428 g/mol. The summed E-state index contributed by atoms with van der Waals surface area (Å²) in [7, 11) is 1.66. The second kappa shape index (κ2) is 9.52. The van der Waals surface area contributed by atoms with Crippen LogP contribution in [0, 0.1) is 12.7 Å². The Bertz CT molecular complexity index is 1250. The van der Waals surface area contributed by atoms with Gasteiger partial charge in [0.1, 0.15) is 18.2 Å². The first-order valence-corrected chi connectivity index (χ1v) is 10.4. The van der Waals surface area contributed by atoms with Crippen molar-refractivity contribution >= 4 is 5.71 Å². The molecule has 0 unspecified atom stereocenters. The van der Waals surface area contributed by atoms with Gasteiger partial charge in [0.05, 0.1) is 18.5 Å². The second-order valence-corrected chi connectivity index (χ2v) is 7.51. The third-order valence-electron chi connectivity index (χ3n) is 5.34. The molecule has 32 heavy (non-hydrogen) atoms. The van der Waals surface area contributed by atoms with E-state index in [9.17, 15) is 4.39 Å². The quantitative estimate of drug-likeness (QED) is 0.247. The van der Waals surface area contributed by atoms with E-state index in [2.05, 4.69) is 40.9 Å². The van der Waals surface area contributed by atoms with Crippen LogP contribution in [0.3, 0.4) is 0 Å². The van der Waals surface area contributed by atoms with Crippen LogP contribution >= 0.6 is 0 Å². The highest BCUT2D eigenvalue weighted by atomic mass is 19.1. The largest absolute Gasteiger partial charge is 0.497 e. The van der Waals surface area contributed by atoms with Gasteiger partial charge in [0.2, 0.25) is 0 Å². The van der Waals surface area contributed by atoms with Gasteiger partial charge in [-0.25, -0.2) is 4.39 Å². The summed E-state index contributed by atoms with van der Waals surface area (Å²) in [5, 5.41) is 4.31. The lowest BCUT2D eigenvalue weighted by Gasteiger charge is -2.13. The van der Waals surface area contributed by atoms with Crippen molar-refractivity contribution in [3.63, 3.8) is 0 Å². The first kappa shape index (κ1) is 21.4. The van der Waals surface area contributed by atoms with Crippen molar-refractivity contribution in [1.82, 2.24) is 4.57 Å². The molecular formula is C27H25FN2O2. The number of benzene rings is 3. The maximum absolute atomic E-state index is 13.4. The van der Waals surface area contributed by atoms with Gasteiger partial charge in [0, 0.05) is 23.0 Å². The smallest absolute Gasteiger partial charge is 0.142 e. The predicted molar refractivity (Wildman–Crippen MR) is 126 cm³/mol. The Hall–Kier alpha value is -3.86. The van der Waals surface area contributed by atoms with Crippen LogP contribution in [0.25, 0.3) is 16.9 Å². The maximum Gasteiger partial charge on any atom is 0.142 e. The average Bonchev–Trinajstić information content (AvgIpc) is 3.17. The van der Waals surface area contributed by atoms with E-state index in [1.807, 2.05) is 49.4 Å². The minimum absolute atomic E-state index is 0.205. The molecule has 0 aliphatic heterocycles. The van der Waals surface area contributed by atoms with E-state index in [-0.39, 0.29) is 12.4 Å². The van der Waals surface area contributed by atoms with Crippen LogP contribution in [-0.4, -0.2) is 17.4 Å². The SMILES string of the molecule is COc1cccc(-n2c(-c3ccccc3)cc(/C(C)=N\OCc3cccc(F)c3)c2C)c1. The van der Waals surface area contributed by atoms with Gasteiger partial charge in [-0.2, -0.15) is 0 Å². The number of rotatable bonds is 7. The number of halogens is 1. The van der Waals surface area contributed by atoms with Crippen LogP contribution < -0.4 is 4.74 Å². The molecule has 3 aromatic carbocycles. The number of hydrogen-bond donors (Lipinski definition) is 0. The van der Waals surface area contributed by atoms with Crippen LogP contribution in [0.4, 0.5) is 4.39 Å². The molecule has 0 amide bonds. The Morgan fingerprint density at radius 2 is 1.72 bits per heavy atom. The topological polar surface area (TPSA) is 35.8 Å². The van der Waals surface area contributed by atoms with E-state index in [0.29, 0.717) is 0 Å². The van der Waals surface area contributed by atoms with Crippen molar-refractivity contribution in [2.75, 3.05) is 7.11 Å². The lowest BCUT2D eigenvalue weighted by atomic mass is 10.1. The van der Waals surface area contributed by atoms with Crippen molar-refractivity contribution in [2.45, 2.75) is 20.5 Å². The molecule has 4 rings (SSSR count). The number of methoxy groups -OCH3 is 1. The Morgan fingerprint density at radius 1 is 0.938 bits per heavy atom. The first-order valence-electron chi connectivity index (χ1n) is 10.4. The molecule has 1 aromatic heterocycles. The molecule has 0 bridgehead atoms. The molecular weight excluding hydrogens is 403 g/mol. The van der Waals surface area contributed by atoms with E-state index in [4.69, 9.17) is 9.57 Å². The van der Waals surface area contributed by atoms with Crippen LogP contribution in [0.5, 0.6) is 5.75 Å². The molecule has 0 N–H and O–H groups in total. The summed E-state index contributed by atoms with van der Waals surface area (Å²) in [5.41, 5.74) is 6.64. The number of oxime groups is 1. The van der Waals surface area contributed by atoms with E-state index in [0.717, 1.165) is 45.2 Å². The predicted octanol–water partition coefficient (Wildman–Crippen LogP) is 6.54. The van der Waals surface area contributed by atoms with E-state index >= 15 is 0 Å². The van der Waals surface area contributed by atoms with Crippen LogP contribution in [0.1, 0.15) is 23.7 Å². The van der Waals surface area contributed by atoms with Crippen LogP contribution in [-0.2, 0) is 11.4 Å². The molecule has 0 spiro atoms. The average molecular weight is 429 g/mol. The molecule has 5 heteroatoms. The Balaban J connectivity index is 1.71. The highest BCUT2D eigenvalue weighted by Gasteiger charge is 2.17. The normalized spacial score (nSPS) is 11.4. The zero-order valence-corrected chi connectivity index (χ0v) is 18.4. The van der Waals surface area contributed by atoms with E-state index in [1.54, 1.807) is 13.2 Å². The standard InChI is InChI=1S/C27H25FN2O2/c1-19(29-32-18-21-9-7-12-23(28)15-21)26-17-27(22-10-5-4-6-11-22)30(20(26)2)24-13-8-14-25(16-24)31-3/h4-17H,18H2,1-3H3/b29-19-. The van der Waals surface area contributed by atoms with E-state index < -0.39 is 0 Å². The molecule has 1 heterocycles. The summed E-state index contributed by atoms with van der Waals surface area (Å²) in [5.74, 6) is 0.505. The summed E-state index contributed by atoms with van der Waals surface area (Å²) in [6, 6.07) is 26.6. The lowest BCUT2D eigenvalue weighted by Crippen LogP contribution is -2.03. The summed E-state index contributed by atoms with van der Waals surface area (Å²) in [4.78, 5) is 5.53. The molecule has 0 aliphatic carbocycles. The fraction of sp³-hybridized carbons (Fsp3) is 0.148. The Labute approximate surface area is 187 Å². The number of ether oxygens (including phenoxy) is 1. The summed E-state index contributed by atoms with van der Waals surface area (Å²) in [6.45, 7) is 4.18. The van der Waals surface area contributed by atoms with Crippen LogP contribution in [0.2, 0.25) is 0 Å². The highest BCUT2D eigenvalue weighted by Crippen LogP contribution is 2.31. The summed E-state index contributed by atoms with van der Waals surface area (Å²) < 4.78 is 21.0. The number of hydrogen-bond acceptors (Lipinski definition) is 3. The van der Waals surface area contributed by atoms with Gasteiger partial charge >= 0.3 is 0 Å². The van der Waals surface area contributed by atoms with Gasteiger partial charge < -0.3 is 14.1 Å². The van der Waals surface area contributed by atoms with Gasteiger partial charge in [0.15, 0.2) is 0 Å². The number of aromatic nitrogens is 1. The molecule has 162 valence electrons. The van der Waals surface area contributed by atoms with Gasteiger partial charge in [-0.3, -0.25) is 0 Å². The Kier molecular flexibility index (Phi) is 6.36. The Morgan fingerprint density at radius 3 is 2.47 bits per heavy atom. The van der Waals surface area contributed by atoms with Crippen molar-refractivity contribution in [2.24, 2.45) is 5.16 Å². The molecule has 0 atom stereocenters.